The fraction of sp³-hybridized carbons (Fsp3) is 0.944. The molecule has 0 fully saturated rings. The van der Waals surface area contributed by atoms with E-state index >= 15 is 0 Å². The van der Waals surface area contributed by atoms with E-state index < -0.39 is 0 Å². The summed E-state index contributed by atoms with van der Waals surface area (Å²) < 4.78 is 11.0. The maximum atomic E-state index is 12.3. The molecule has 0 aromatic rings. The Kier molecular flexibility index (Phi) is 31.9. The van der Waals surface area contributed by atoms with Crippen molar-refractivity contribution >= 4 is 11.9 Å². The molecule has 1 atom stereocenters. The zero-order chi connectivity index (χ0) is 30.9. The predicted molar refractivity (Wildman–Crippen MR) is 177 cm³/mol. The van der Waals surface area contributed by atoms with Crippen LogP contribution >= 0.6 is 0 Å². The van der Waals surface area contributed by atoms with Crippen LogP contribution in [0.15, 0.2) is 0 Å². The smallest absolute Gasteiger partial charge is 0.305 e. The van der Waals surface area contributed by atoms with Gasteiger partial charge in [0.25, 0.3) is 0 Å². The van der Waals surface area contributed by atoms with E-state index in [-0.39, 0.29) is 18.5 Å². The summed E-state index contributed by atoms with van der Waals surface area (Å²) in [5, 5.41) is 9.45. The van der Waals surface area contributed by atoms with Crippen LogP contribution in [0.2, 0.25) is 0 Å². The minimum absolute atomic E-state index is 0.0229. The molecule has 0 saturated heterocycles. The van der Waals surface area contributed by atoms with Gasteiger partial charge in [-0.25, -0.2) is 0 Å². The number of aliphatic hydroxyl groups is 1. The van der Waals surface area contributed by atoms with Gasteiger partial charge in [-0.3, -0.25) is 9.59 Å². The molecule has 0 spiro atoms. The molecule has 0 heterocycles. The number of carbonyl (C=O) groups is 2. The Morgan fingerprint density at radius 3 is 1.57 bits per heavy atom. The van der Waals surface area contributed by atoms with Crippen LogP contribution in [-0.4, -0.2) is 61.4 Å². The molecule has 0 aromatic heterocycles. The average Bonchev–Trinajstić information content (AvgIpc) is 2.98. The van der Waals surface area contributed by atoms with Crippen LogP contribution in [0.1, 0.15) is 175 Å². The highest BCUT2D eigenvalue weighted by Crippen LogP contribution is 2.19. The molecule has 0 bridgehead atoms. The highest BCUT2D eigenvalue weighted by atomic mass is 16.5. The Morgan fingerprint density at radius 1 is 0.548 bits per heavy atom. The van der Waals surface area contributed by atoms with Crippen molar-refractivity contribution in [2.45, 2.75) is 175 Å². The van der Waals surface area contributed by atoms with Crippen molar-refractivity contribution in [1.29, 1.82) is 0 Å². The molecule has 0 rings (SSSR count). The largest absolute Gasteiger partial charge is 0.466 e. The monoisotopic (exact) mass is 598 g/mol. The van der Waals surface area contributed by atoms with Crippen LogP contribution in [0.4, 0.5) is 0 Å². The summed E-state index contributed by atoms with van der Waals surface area (Å²) >= 11 is 0. The van der Waals surface area contributed by atoms with Crippen LogP contribution in [0.3, 0.4) is 0 Å². The van der Waals surface area contributed by atoms with Gasteiger partial charge in [-0.1, -0.05) is 117 Å². The molecule has 0 aliphatic carbocycles. The van der Waals surface area contributed by atoms with Gasteiger partial charge >= 0.3 is 11.9 Å². The number of rotatable bonds is 33. The first-order chi connectivity index (χ1) is 20.6. The molecule has 6 heteroatoms. The first kappa shape index (κ1) is 40.9. The summed E-state index contributed by atoms with van der Waals surface area (Å²) in [5.41, 5.74) is 0. The summed E-state index contributed by atoms with van der Waals surface area (Å²) in [6.45, 7) is 10.8. The fourth-order valence-corrected chi connectivity index (χ4v) is 5.49. The summed E-state index contributed by atoms with van der Waals surface area (Å²) in [4.78, 5) is 26.5. The first-order valence-electron chi connectivity index (χ1n) is 18.2. The third kappa shape index (κ3) is 29.0. The van der Waals surface area contributed by atoms with Gasteiger partial charge in [-0.15, -0.1) is 0 Å². The van der Waals surface area contributed by atoms with Crippen molar-refractivity contribution in [3.05, 3.63) is 0 Å². The Labute approximate surface area is 261 Å². The molecule has 0 aromatic carbocycles. The molecule has 0 saturated carbocycles. The van der Waals surface area contributed by atoms with E-state index in [1.807, 2.05) is 0 Å². The van der Waals surface area contributed by atoms with Gasteiger partial charge in [0.1, 0.15) is 0 Å². The Balaban J connectivity index is 3.85. The van der Waals surface area contributed by atoms with E-state index in [2.05, 4.69) is 25.7 Å². The lowest BCUT2D eigenvalue weighted by Crippen LogP contribution is -2.29. The van der Waals surface area contributed by atoms with Gasteiger partial charge in [-0.05, 0) is 64.0 Å². The summed E-state index contributed by atoms with van der Waals surface area (Å²) in [7, 11) is 0. The number of unbranched alkanes of at least 4 members (excludes halogenated alkanes) is 15. The molecular formula is C36H71NO5. The predicted octanol–water partition coefficient (Wildman–Crippen LogP) is 9.41. The minimum atomic E-state index is -0.0443. The third-order valence-electron chi connectivity index (χ3n) is 8.30. The quantitative estimate of drug-likeness (QED) is 0.0600. The van der Waals surface area contributed by atoms with Gasteiger partial charge < -0.3 is 19.5 Å². The van der Waals surface area contributed by atoms with Gasteiger partial charge in [0.15, 0.2) is 0 Å². The van der Waals surface area contributed by atoms with Gasteiger partial charge in [0.05, 0.1) is 19.8 Å². The van der Waals surface area contributed by atoms with Crippen molar-refractivity contribution in [1.82, 2.24) is 4.90 Å². The highest BCUT2D eigenvalue weighted by Gasteiger charge is 2.12. The van der Waals surface area contributed by atoms with Gasteiger partial charge in [0.2, 0.25) is 0 Å². The first-order valence-corrected chi connectivity index (χ1v) is 18.2. The lowest BCUT2D eigenvalue weighted by molar-refractivity contribution is -0.145. The van der Waals surface area contributed by atoms with Crippen LogP contribution in [0.5, 0.6) is 0 Å². The molecule has 1 N–H and O–H groups in total. The van der Waals surface area contributed by atoms with E-state index in [1.165, 1.54) is 70.6 Å². The SMILES string of the molecule is CCCCCCOC(=O)CCCCCCCN(CCO)CCCCCCC(=O)OCC(CCCCC)CCCCCC. The second-order valence-corrected chi connectivity index (χ2v) is 12.4. The average molecular weight is 598 g/mol. The van der Waals surface area contributed by atoms with Crippen LogP contribution in [0, 0.1) is 5.92 Å². The number of hydrogen-bond donors (Lipinski definition) is 1. The molecule has 250 valence electrons. The maximum absolute atomic E-state index is 12.3. The zero-order valence-electron chi connectivity index (χ0n) is 28.3. The molecule has 0 radical (unpaired) electrons. The summed E-state index contributed by atoms with van der Waals surface area (Å²) in [5.74, 6) is 0.464. The molecule has 0 amide bonds. The fourth-order valence-electron chi connectivity index (χ4n) is 5.49. The van der Waals surface area contributed by atoms with Crippen LogP contribution in [-0.2, 0) is 19.1 Å². The topological polar surface area (TPSA) is 76.1 Å². The van der Waals surface area contributed by atoms with E-state index in [9.17, 15) is 14.7 Å². The molecule has 0 aliphatic heterocycles. The van der Waals surface area contributed by atoms with Crippen molar-refractivity contribution in [2.75, 3.05) is 39.5 Å². The van der Waals surface area contributed by atoms with Crippen molar-refractivity contribution in [2.24, 2.45) is 5.92 Å². The number of carbonyl (C=O) groups excluding carboxylic acids is 2. The van der Waals surface area contributed by atoms with E-state index in [1.54, 1.807) is 0 Å². The Hall–Kier alpha value is -1.14. The molecule has 6 nitrogen and oxygen atoms in total. The van der Waals surface area contributed by atoms with Gasteiger partial charge in [0, 0.05) is 19.4 Å². The normalized spacial score (nSPS) is 12.1. The maximum Gasteiger partial charge on any atom is 0.305 e. The summed E-state index contributed by atoms with van der Waals surface area (Å²) in [6.07, 6.45) is 26.5. The number of ether oxygens (including phenoxy) is 2. The molecular weight excluding hydrogens is 526 g/mol. The van der Waals surface area contributed by atoms with E-state index in [4.69, 9.17) is 9.47 Å². The number of hydrogen-bond acceptors (Lipinski definition) is 6. The van der Waals surface area contributed by atoms with E-state index in [0.29, 0.717) is 32.0 Å². The Bertz CT molecular complexity index is 585. The molecule has 42 heavy (non-hydrogen) atoms. The van der Waals surface area contributed by atoms with Gasteiger partial charge in [-0.2, -0.15) is 0 Å². The molecule has 1 unspecified atom stereocenters. The summed E-state index contributed by atoms with van der Waals surface area (Å²) in [6, 6.07) is 0. The number of esters is 2. The van der Waals surface area contributed by atoms with Crippen molar-refractivity contribution in [3.63, 3.8) is 0 Å². The zero-order valence-corrected chi connectivity index (χ0v) is 28.3. The highest BCUT2D eigenvalue weighted by molar-refractivity contribution is 5.69. The Morgan fingerprint density at radius 2 is 1.00 bits per heavy atom. The second-order valence-electron chi connectivity index (χ2n) is 12.4. The second kappa shape index (κ2) is 32.8. The number of aliphatic hydroxyl groups excluding tert-OH is 1. The van der Waals surface area contributed by atoms with Crippen LogP contribution in [0.25, 0.3) is 0 Å². The van der Waals surface area contributed by atoms with Crippen molar-refractivity contribution < 1.29 is 24.2 Å². The lowest BCUT2D eigenvalue weighted by atomic mass is 9.95. The third-order valence-corrected chi connectivity index (χ3v) is 8.30. The standard InChI is InChI=1S/C36H71NO5/c1-4-7-10-18-25-34(24-17-9-6-3)33-42-36(40)27-20-14-16-22-29-37(30-31-38)28-21-15-12-13-19-26-35(39)41-32-23-11-8-5-2/h34,38H,4-33H2,1-3H3. The van der Waals surface area contributed by atoms with Crippen molar-refractivity contribution in [3.8, 4) is 0 Å². The minimum Gasteiger partial charge on any atom is -0.466 e. The van der Waals surface area contributed by atoms with E-state index in [0.717, 1.165) is 90.3 Å². The number of nitrogens with zero attached hydrogens (tertiary/aromatic N) is 1. The lowest BCUT2D eigenvalue weighted by Gasteiger charge is -2.21. The molecule has 0 aliphatic rings. The van der Waals surface area contributed by atoms with Crippen LogP contribution < -0.4 is 0 Å².